The summed E-state index contributed by atoms with van der Waals surface area (Å²) in [6.45, 7) is 10.4. The first-order valence-corrected chi connectivity index (χ1v) is 7.96. The van der Waals surface area contributed by atoms with Gasteiger partial charge in [-0.3, -0.25) is 4.90 Å². The van der Waals surface area contributed by atoms with E-state index in [1.54, 1.807) is 6.26 Å². The molecule has 0 bridgehead atoms. The molecule has 2 heterocycles. The number of hydrogen-bond acceptors (Lipinski definition) is 6. The third kappa shape index (κ3) is 5.30. The van der Waals surface area contributed by atoms with Crippen molar-refractivity contribution in [3.05, 3.63) is 12.0 Å². The fourth-order valence-corrected chi connectivity index (χ4v) is 2.42. The van der Waals surface area contributed by atoms with E-state index in [2.05, 4.69) is 46.0 Å². The van der Waals surface area contributed by atoms with E-state index in [0.29, 0.717) is 0 Å². The van der Waals surface area contributed by atoms with Gasteiger partial charge in [-0.15, -0.1) is 0 Å². The monoisotopic (exact) mass is 295 g/mol. The molecule has 120 valence electrons. The maximum atomic E-state index is 5.62. The van der Waals surface area contributed by atoms with Gasteiger partial charge in [-0.25, -0.2) is 0 Å². The van der Waals surface area contributed by atoms with E-state index in [1.165, 1.54) is 0 Å². The number of hydrogen-bond donors (Lipinski definition) is 1. The van der Waals surface area contributed by atoms with Crippen molar-refractivity contribution in [1.29, 1.82) is 0 Å². The summed E-state index contributed by atoms with van der Waals surface area (Å²) in [5, 5.41) is 3.35. The average molecular weight is 295 g/mol. The van der Waals surface area contributed by atoms with Crippen LogP contribution in [0.3, 0.4) is 0 Å². The Balaban J connectivity index is 1.74. The van der Waals surface area contributed by atoms with Crippen LogP contribution < -0.4 is 10.2 Å². The van der Waals surface area contributed by atoms with Crippen molar-refractivity contribution in [1.82, 2.24) is 20.1 Å². The third-order valence-corrected chi connectivity index (χ3v) is 3.78. The van der Waals surface area contributed by atoms with Crippen molar-refractivity contribution in [3.8, 4) is 0 Å². The Morgan fingerprint density at radius 2 is 2.05 bits per heavy atom. The predicted molar refractivity (Wildman–Crippen MR) is 85.7 cm³/mol. The molecular formula is C15H29N5O. The highest BCUT2D eigenvalue weighted by atomic mass is 16.4. The average Bonchev–Trinajstić information content (AvgIpc) is 2.95. The number of nitrogens with zero attached hydrogens (tertiary/aromatic N) is 4. The lowest BCUT2D eigenvalue weighted by molar-refractivity contribution is 0.226. The summed E-state index contributed by atoms with van der Waals surface area (Å²) in [7, 11) is 4.24. The molecule has 1 N–H and O–H groups in total. The van der Waals surface area contributed by atoms with E-state index in [4.69, 9.17) is 4.42 Å². The second kappa shape index (κ2) is 8.36. The molecule has 0 spiro atoms. The van der Waals surface area contributed by atoms with Crippen LogP contribution in [0.1, 0.15) is 19.0 Å². The van der Waals surface area contributed by atoms with Gasteiger partial charge in [0.25, 0.3) is 6.01 Å². The summed E-state index contributed by atoms with van der Waals surface area (Å²) in [6, 6.07) is 0.774. The molecule has 0 amide bonds. The van der Waals surface area contributed by atoms with E-state index in [-0.39, 0.29) is 0 Å². The lowest BCUT2D eigenvalue weighted by atomic mass is 10.3. The second-order valence-electron chi connectivity index (χ2n) is 5.93. The van der Waals surface area contributed by atoms with Crippen molar-refractivity contribution in [2.24, 2.45) is 0 Å². The van der Waals surface area contributed by atoms with Crippen LogP contribution in [0.15, 0.2) is 10.7 Å². The van der Waals surface area contributed by atoms with Gasteiger partial charge in [0, 0.05) is 45.8 Å². The van der Waals surface area contributed by atoms with Gasteiger partial charge in [0.15, 0.2) is 0 Å². The fraction of sp³-hybridized carbons (Fsp3) is 0.800. The Hall–Kier alpha value is -1.11. The zero-order chi connectivity index (χ0) is 15.1. The van der Waals surface area contributed by atoms with Crippen molar-refractivity contribution in [2.75, 3.05) is 64.8 Å². The standard InChI is InChI=1S/C15H29N5O/c1-4-5-16-12-14-13-21-15(17-14)20-10-8-19(9-11-20)7-6-18(2)3/h13,16H,4-12H2,1-3H3. The molecule has 6 nitrogen and oxygen atoms in total. The molecule has 0 aliphatic carbocycles. The summed E-state index contributed by atoms with van der Waals surface area (Å²) < 4.78 is 5.62. The van der Waals surface area contributed by atoms with E-state index >= 15 is 0 Å². The van der Waals surface area contributed by atoms with Crippen molar-refractivity contribution >= 4 is 6.01 Å². The maximum absolute atomic E-state index is 5.62. The van der Waals surface area contributed by atoms with E-state index in [9.17, 15) is 0 Å². The molecule has 1 aromatic rings. The first-order chi connectivity index (χ1) is 10.2. The Bertz CT molecular complexity index is 399. The van der Waals surface area contributed by atoms with Gasteiger partial charge in [0.05, 0.1) is 5.69 Å². The van der Waals surface area contributed by atoms with E-state index < -0.39 is 0 Å². The minimum atomic E-state index is 0.774. The molecule has 0 atom stereocenters. The smallest absolute Gasteiger partial charge is 0.297 e. The summed E-state index contributed by atoms with van der Waals surface area (Å²) >= 11 is 0. The number of anilines is 1. The summed E-state index contributed by atoms with van der Waals surface area (Å²) in [5.74, 6) is 0. The van der Waals surface area contributed by atoms with Crippen LogP contribution in [-0.4, -0.2) is 74.7 Å². The van der Waals surface area contributed by atoms with E-state index in [0.717, 1.165) is 70.5 Å². The van der Waals surface area contributed by atoms with Crippen LogP contribution in [0.2, 0.25) is 0 Å². The third-order valence-electron chi connectivity index (χ3n) is 3.78. The van der Waals surface area contributed by atoms with Crippen LogP contribution >= 0.6 is 0 Å². The second-order valence-corrected chi connectivity index (χ2v) is 5.93. The highest BCUT2D eigenvalue weighted by Crippen LogP contribution is 2.15. The van der Waals surface area contributed by atoms with Crippen LogP contribution in [0.4, 0.5) is 6.01 Å². The molecule has 2 rings (SSSR count). The minimum Gasteiger partial charge on any atom is -0.432 e. The number of piperazine rings is 1. The Morgan fingerprint density at radius 3 is 2.71 bits per heavy atom. The quantitative estimate of drug-likeness (QED) is 0.718. The molecule has 0 unspecified atom stereocenters. The summed E-state index contributed by atoms with van der Waals surface area (Å²) in [4.78, 5) is 11.6. The summed E-state index contributed by atoms with van der Waals surface area (Å²) in [6.07, 6.45) is 2.91. The zero-order valence-electron chi connectivity index (χ0n) is 13.6. The number of nitrogens with one attached hydrogen (secondary N) is 1. The van der Waals surface area contributed by atoms with Crippen LogP contribution in [0.25, 0.3) is 0 Å². The molecule has 6 heteroatoms. The lowest BCUT2D eigenvalue weighted by Crippen LogP contribution is -2.48. The number of rotatable bonds is 8. The molecule has 1 aromatic heterocycles. The molecule has 0 saturated carbocycles. The topological polar surface area (TPSA) is 47.8 Å². The van der Waals surface area contributed by atoms with Crippen LogP contribution in [0.5, 0.6) is 0 Å². The van der Waals surface area contributed by atoms with Gasteiger partial charge in [-0.05, 0) is 27.1 Å². The van der Waals surface area contributed by atoms with Crippen molar-refractivity contribution in [2.45, 2.75) is 19.9 Å². The van der Waals surface area contributed by atoms with Gasteiger partial charge < -0.3 is 19.5 Å². The zero-order valence-corrected chi connectivity index (χ0v) is 13.6. The summed E-state index contributed by atoms with van der Waals surface area (Å²) in [5.41, 5.74) is 0.994. The maximum Gasteiger partial charge on any atom is 0.297 e. The molecule has 1 fully saturated rings. The number of aromatic nitrogens is 1. The van der Waals surface area contributed by atoms with Gasteiger partial charge in [0.2, 0.25) is 0 Å². The Kier molecular flexibility index (Phi) is 6.48. The van der Waals surface area contributed by atoms with Gasteiger partial charge in [-0.1, -0.05) is 6.92 Å². The highest BCUT2D eigenvalue weighted by molar-refractivity contribution is 5.27. The molecule has 21 heavy (non-hydrogen) atoms. The van der Waals surface area contributed by atoms with Gasteiger partial charge in [0.1, 0.15) is 6.26 Å². The van der Waals surface area contributed by atoms with Crippen LogP contribution in [0, 0.1) is 0 Å². The van der Waals surface area contributed by atoms with Crippen molar-refractivity contribution < 1.29 is 4.42 Å². The largest absolute Gasteiger partial charge is 0.432 e. The Morgan fingerprint density at radius 1 is 1.29 bits per heavy atom. The molecular weight excluding hydrogens is 266 g/mol. The normalized spacial score (nSPS) is 16.9. The highest BCUT2D eigenvalue weighted by Gasteiger charge is 2.20. The number of oxazole rings is 1. The van der Waals surface area contributed by atoms with E-state index in [1.807, 2.05) is 0 Å². The molecule has 1 aliphatic rings. The molecule has 1 saturated heterocycles. The van der Waals surface area contributed by atoms with Gasteiger partial charge in [-0.2, -0.15) is 4.98 Å². The van der Waals surface area contributed by atoms with Crippen molar-refractivity contribution in [3.63, 3.8) is 0 Å². The SMILES string of the molecule is CCCNCc1coc(N2CCN(CCN(C)C)CC2)n1. The minimum absolute atomic E-state index is 0.774. The van der Waals surface area contributed by atoms with Crippen LogP contribution in [-0.2, 0) is 6.54 Å². The fourth-order valence-electron chi connectivity index (χ4n) is 2.42. The first-order valence-electron chi connectivity index (χ1n) is 7.96. The van der Waals surface area contributed by atoms with Gasteiger partial charge >= 0.3 is 0 Å². The number of likely N-dealkylation sites (N-methyl/N-ethyl adjacent to an activating group) is 1. The predicted octanol–water partition coefficient (Wildman–Crippen LogP) is 0.858. The molecule has 0 aromatic carbocycles. The first kappa shape index (κ1) is 16.3. The molecule has 0 radical (unpaired) electrons. The Labute approximate surface area is 128 Å². The molecule has 1 aliphatic heterocycles. The lowest BCUT2D eigenvalue weighted by Gasteiger charge is -2.34.